The van der Waals surface area contributed by atoms with Gasteiger partial charge >= 0.3 is 5.97 Å². The second-order valence-corrected chi connectivity index (χ2v) is 11.4. The van der Waals surface area contributed by atoms with Gasteiger partial charge in [-0.2, -0.15) is 0 Å². The van der Waals surface area contributed by atoms with Crippen molar-refractivity contribution >= 4 is 16.9 Å². The number of fused-ring (bicyclic) bond motifs is 9. The van der Waals surface area contributed by atoms with Crippen LogP contribution in [0.5, 0.6) is 0 Å². The SMILES string of the molecule is CC(=O)OC1CCC2(C)C(CCC3C4Cc5c(ccc6cc[nH]c56)C4(C)CCC32)C1. The number of aromatic nitrogens is 1. The van der Waals surface area contributed by atoms with Gasteiger partial charge in [0.2, 0.25) is 0 Å². The molecule has 0 amide bonds. The number of hydrogen-bond acceptors (Lipinski definition) is 2. The van der Waals surface area contributed by atoms with Crippen LogP contribution in [0.3, 0.4) is 0 Å². The molecule has 0 radical (unpaired) electrons. The molecule has 3 saturated carbocycles. The number of ether oxygens (including phenoxy) is 1. The molecule has 1 heterocycles. The molecule has 0 saturated heterocycles. The Bertz CT molecular complexity index is 1010. The van der Waals surface area contributed by atoms with Crippen LogP contribution in [-0.2, 0) is 21.4 Å². The van der Waals surface area contributed by atoms with E-state index in [2.05, 4.69) is 43.2 Å². The van der Waals surface area contributed by atoms with Gasteiger partial charge in [-0.1, -0.05) is 26.0 Å². The standard InChI is InChI=1S/C27H35NO2/c1-16(29)30-19-8-11-26(2)18(14-19)5-6-20-23(26)9-12-27(3)22-7-4-17-10-13-28-25(17)21(22)15-24(20)27/h4,7,10,13,18-20,23-24,28H,5-6,8-9,11-12,14-15H2,1-3H3. The van der Waals surface area contributed by atoms with Gasteiger partial charge < -0.3 is 9.72 Å². The van der Waals surface area contributed by atoms with Crippen LogP contribution in [0.15, 0.2) is 24.4 Å². The Balaban J connectivity index is 1.31. The van der Waals surface area contributed by atoms with Crippen molar-refractivity contribution < 1.29 is 9.53 Å². The third-order valence-corrected chi connectivity index (χ3v) is 10.2. The van der Waals surface area contributed by atoms with E-state index in [1.54, 1.807) is 18.1 Å². The number of H-pyrrole nitrogens is 1. The summed E-state index contributed by atoms with van der Waals surface area (Å²) in [6.45, 7) is 6.72. The summed E-state index contributed by atoms with van der Waals surface area (Å²) in [5.74, 6) is 3.07. The minimum atomic E-state index is -0.106. The molecule has 4 aliphatic rings. The van der Waals surface area contributed by atoms with Gasteiger partial charge in [-0.3, -0.25) is 4.79 Å². The molecule has 7 unspecified atom stereocenters. The molecule has 30 heavy (non-hydrogen) atoms. The average Bonchev–Trinajstić information content (AvgIpc) is 3.30. The molecule has 0 aliphatic heterocycles. The molecule has 0 bridgehead atoms. The first kappa shape index (κ1) is 19.0. The monoisotopic (exact) mass is 405 g/mol. The van der Waals surface area contributed by atoms with Crippen LogP contribution in [0.2, 0.25) is 0 Å². The zero-order valence-corrected chi connectivity index (χ0v) is 18.7. The van der Waals surface area contributed by atoms with Gasteiger partial charge in [0.15, 0.2) is 0 Å². The third kappa shape index (κ3) is 2.47. The molecule has 6 rings (SSSR count). The number of rotatable bonds is 1. The van der Waals surface area contributed by atoms with E-state index >= 15 is 0 Å². The lowest BCUT2D eigenvalue weighted by atomic mass is 9.45. The molecular formula is C27H35NO2. The van der Waals surface area contributed by atoms with Gasteiger partial charge in [-0.25, -0.2) is 0 Å². The Morgan fingerprint density at radius 1 is 1.07 bits per heavy atom. The summed E-state index contributed by atoms with van der Waals surface area (Å²) in [4.78, 5) is 15.0. The first-order valence-electron chi connectivity index (χ1n) is 12.2. The van der Waals surface area contributed by atoms with Crippen LogP contribution in [-0.4, -0.2) is 17.1 Å². The Morgan fingerprint density at radius 3 is 2.77 bits per heavy atom. The highest BCUT2D eigenvalue weighted by Gasteiger charge is 2.59. The van der Waals surface area contributed by atoms with Crippen LogP contribution in [0.4, 0.5) is 0 Å². The Kier molecular flexibility index (Phi) is 4.03. The fourth-order valence-electron chi connectivity index (χ4n) is 8.75. The van der Waals surface area contributed by atoms with E-state index in [-0.39, 0.29) is 12.1 Å². The molecule has 3 nitrogen and oxygen atoms in total. The number of carbonyl (C=O) groups excluding carboxylic acids is 1. The number of aromatic amines is 1. The van der Waals surface area contributed by atoms with Gasteiger partial charge in [-0.15, -0.1) is 0 Å². The molecule has 1 N–H and O–H groups in total. The van der Waals surface area contributed by atoms with Crippen molar-refractivity contribution in [1.29, 1.82) is 0 Å². The van der Waals surface area contributed by atoms with Crippen LogP contribution in [0.25, 0.3) is 10.9 Å². The van der Waals surface area contributed by atoms with Crippen LogP contribution < -0.4 is 0 Å². The number of benzene rings is 1. The highest BCUT2D eigenvalue weighted by atomic mass is 16.5. The summed E-state index contributed by atoms with van der Waals surface area (Å²) in [6, 6.07) is 7.00. The molecular weight excluding hydrogens is 370 g/mol. The fraction of sp³-hybridized carbons (Fsp3) is 0.667. The summed E-state index contributed by atoms with van der Waals surface area (Å²) in [5.41, 5.74) is 5.40. The van der Waals surface area contributed by atoms with E-state index < -0.39 is 0 Å². The highest BCUT2D eigenvalue weighted by Crippen LogP contribution is 2.66. The fourth-order valence-corrected chi connectivity index (χ4v) is 8.75. The minimum Gasteiger partial charge on any atom is -0.463 e. The third-order valence-electron chi connectivity index (χ3n) is 10.2. The Hall–Kier alpha value is -1.77. The van der Waals surface area contributed by atoms with Crippen molar-refractivity contribution in [3.63, 3.8) is 0 Å². The first-order valence-corrected chi connectivity index (χ1v) is 12.2. The predicted octanol–water partition coefficient (Wildman–Crippen LogP) is 6.16. The minimum absolute atomic E-state index is 0.106. The second kappa shape index (κ2) is 6.37. The van der Waals surface area contributed by atoms with E-state index in [0.29, 0.717) is 10.8 Å². The molecule has 3 heteroatoms. The van der Waals surface area contributed by atoms with Crippen LogP contribution >= 0.6 is 0 Å². The zero-order valence-electron chi connectivity index (χ0n) is 18.7. The Morgan fingerprint density at radius 2 is 1.93 bits per heavy atom. The highest BCUT2D eigenvalue weighted by molar-refractivity contribution is 5.85. The second-order valence-electron chi connectivity index (χ2n) is 11.4. The lowest BCUT2D eigenvalue weighted by Gasteiger charge is -2.60. The van der Waals surface area contributed by atoms with Crippen molar-refractivity contribution in [3.05, 3.63) is 35.5 Å². The maximum absolute atomic E-state index is 11.5. The molecule has 160 valence electrons. The summed E-state index contributed by atoms with van der Waals surface area (Å²) in [6.07, 6.45) is 12.3. The summed E-state index contributed by atoms with van der Waals surface area (Å²) in [5, 5.41) is 1.37. The lowest BCUT2D eigenvalue weighted by Crippen LogP contribution is -2.54. The smallest absolute Gasteiger partial charge is 0.302 e. The summed E-state index contributed by atoms with van der Waals surface area (Å²) < 4.78 is 5.64. The molecule has 2 aromatic rings. The molecule has 4 aliphatic carbocycles. The van der Waals surface area contributed by atoms with Crippen molar-refractivity contribution in [2.45, 2.75) is 83.7 Å². The van der Waals surface area contributed by atoms with Gasteiger partial charge in [0.25, 0.3) is 0 Å². The number of hydrogen-bond donors (Lipinski definition) is 1. The maximum Gasteiger partial charge on any atom is 0.302 e. The van der Waals surface area contributed by atoms with Crippen molar-refractivity contribution in [2.24, 2.45) is 29.1 Å². The van der Waals surface area contributed by atoms with Crippen molar-refractivity contribution in [3.8, 4) is 0 Å². The molecule has 0 spiro atoms. The topological polar surface area (TPSA) is 42.1 Å². The molecule has 1 aromatic carbocycles. The molecule has 1 aromatic heterocycles. The summed E-state index contributed by atoms with van der Waals surface area (Å²) >= 11 is 0. The van der Waals surface area contributed by atoms with Crippen LogP contribution in [0, 0.1) is 29.1 Å². The Labute approximate surface area is 180 Å². The van der Waals surface area contributed by atoms with E-state index in [0.717, 1.165) is 36.5 Å². The van der Waals surface area contributed by atoms with Gasteiger partial charge in [-0.05, 0) is 108 Å². The first-order chi connectivity index (χ1) is 14.4. The number of nitrogens with one attached hydrogen (secondary N) is 1. The van der Waals surface area contributed by atoms with Crippen LogP contribution in [0.1, 0.15) is 76.8 Å². The lowest BCUT2D eigenvalue weighted by molar-refractivity contribution is -0.157. The van der Waals surface area contributed by atoms with E-state index in [1.807, 2.05) is 0 Å². The van der Waals surface area contributed by atoms with Gasteiger partial charge in [0.05, 0.1) is 0 Å². The van der Waals surface area contributed by atoms with Gasteiger partial charge in [0, 0.05) is 18.6 Å². The number of carbonyl (C=O) groups is 1. The van der Waals surface area contributed by atoms with Crippen molar-refractivity contribution in [2.75, 3.05) is 0 Å². The van der Waals surface area contributed by atoms with E-state index in [9.17, 15) is 4.79 Å². The summed E-state index contributed by atoms with van der Waals surface area (Å²) in [7, 11) is 0. The predicted molar refractivity (Wildman–Crippen MR) is 119 cm³/mol. The zero-order chi connectivity index (χ0) is 20.7. The van der Waals surface area contributed by atoms with Gasteiger partial charge in [0.1, 0.15) is 6.10 Å². The van der Waals surface area contributed by atoms with E-state index in [4.69, 9.17) is 4.74 Å². The normalized spacial score (nSPS) is 42.2. The molecule has 7 atom stereocenters. The largest absolute Gasteiger partial charge is 0.463 e. The molecule has 3 fully saturated rings. The van der Waals surface area contributed by atoms with Crippen molar-refractivity contribution in [1.82, 2.24) is 4.98 Å². The average molecular weight is 406 g/mol. The maximum atomic E-state index is 11.5. The van der Waals surface area contributed by atoms with E-state index in [1.165, 1.54) is 49.4 Å². The quantitative estimate of drug-likeness (QED) is 0.578. The number of esters is 1.